The minimum absolute atomic E-state index is 0.685. The summed E-state index contributed by atoms with van der Waals surface area (Å²) in [5, 5.41) is 0. The highest BCUT2D eigenvalue weighted by Crippen LogP contribution is 2.29. The second-order valence-corrected chi connectivity index (χ2v) is 3.20. The minimum atomic E-state index is 0.685. The van der Waals surface area contributed by atoms with Crippen LogP contribution in [0.3, 0.4) is 0 Å². The molecule has 0 radical (unpaired) electrons. The summed E-state index contributed by atoms with van der Waals surface area (Å²) < 4.78 is 5.49. The van der Waals surface area contributed by atoms with Gasteiger partial charge in [0.25, 0.3) is 0 Å². The Morgan fingerprint density at radius 3 is 2.83 bits per heavy atom. The van der Waals surface area contributed by atoms with Gasteiger partial charge in [-0.25, -0.2) is 4.98 Å². The van der Waals surface area contributed by atoms with E-state index in [1.165, 1.54) is 12.8 Å². The number of hydrogen-bond donors (Lipinski definition) is 0. The molecule has 0 unspecified atom stereocenters. The first-order valence-electron chi connectivity index (χ1n) is 4.26. The molecule has 64 valence electrons. The average molecular weight is 164 g/mol. The summed E-state index contributed by atoms with van der Waals surface area (Å²) in [5.41, 5.74) is 0.873. The number of ether oxygens (including phenoxy) is 1. The molecular weight excluding hydrogens is 152 g/mol. The van der Waals surface area contributed by atoms with Crippen molar-refractivity contribution >= 4 is 0 Å². The van der Waals surface area contributed by atoms with Gasteiger partial charge in [-0.2, -0.15) is 0 Å². The molecule has 1 fully saturated rings. The van der Waals surface area contributed by atoms with Crippen molar-refractivity contribution in [2.24, 2.45) is 5.92 Å². The van der Waals surface area contributed by atoms with Crippen LogP contribution in [0.1, 0.15) is 18.5 Å². The van der Waals surface area contributed by atoms with Crippen molar-refractivity contribution in [2.75, 3.05) is 6.61 Å². The van der Waals surface area contributed by atoms with E-state index in [4.69, 9.17) is 4.74 Å². The van der Waals surface area contributed by atoms with Gasteiger partial charge in [0.2, 0.25) is 5.88 Å². The monoisotopic (exact) mass is 164 g/mol. The highest BCUT2D eigenvalue weighted by molar-refractivity contribution is 5.14. The van der Waals surface area contributed by atoms with Crippen molar-refractivity contribution in [1.29, 1.82) is 0 Å². The molecular formula is C9H12N2O. The standard InChI is InChI=1S/C9H12N2O/c1-7-9(11-5-4-10-7)12-6-8-2-3-8/h4-5,8H,2-3,6H2,1H3. The molecule has 3 heteroatoms. The molecule has 1 heterocycles. The molecule has 1 aromatic heterocycles. The quantitative estimate of drug-likeness (QED) is 0.680. The van der Waals surface area contributed by atoms with Gasteiger partial charge in [-0.15, -0.1) is 0 Å². The summed E-state index contributed by atoms with van der Waals surface area (Å²) in [4.78, 5) is 8.18. The van der Waals surface area contributed by atoms with Crippen molar-refractivity contribution in [3.05, 3.63) is 18.1 Å². The molecule has 1 aromatic rings. The Balaban J connectivity index is 1.96. The molecule has 0 aromatic carbocycles. The van der Waals surface area contributed by atoms with Crippen molar-refractivity contribution < 1.29 is 4.74 Å². The van der Waals surface area contributed by atoms with E-state index in [1.807, 2.05) is 6.92 Å². The topological polar surface area (TPSA) is 35.0 Å². The molecule has 0 spiro atoms. The van der Waals surface area contributed by atoms with E-state index in [0.717, 1.165) is 18.2 Å². The maximum absolute atomic E-state index is 5.49. The lowest BCUT2D eigenvalue weighted by atomic mass is 10.4. The SMILES string of the molecule is Cc1nccnc1OCC1CC1. The first-order valence-corrected chi connectivity index (χ1v) is 4.26. The Bertz CT molecular complexity index is 271. The predicted octanol–water partition coefficient (Wildman–Crippen LogP) is 1.57. The van der Waals surface area contributed by atoms with Crippen LogP contribution in [0.15, 0.2) is 12.4 Å². The largest absolute Gasteiger partial charge is 0.476 e. The van der Waals surface area contributed by atoms with Gasteiger partial charge in [0.05, 0.1) is 12.3 Å². The Hall–Kier alpha value is -1.12. The Morgan fingerprint density at radius 1 is 1.42 bits per heavy atom. The summed E-state index contributed by atoms with van der Waals surface area (Å²) in [7, 11) is 0. The molecule has 0 amide bonds. The van der Waals surface area contributed by atoms with Gasteiger partial charge in [0, 0.05) is 12.4 Å². The number of nitrogens with zero attached hydrogens (tertiary/aromatic N) is 2. The van der Waals surface area contributed by atoms with Crippen LogP contribution in [-0.2, 0) is 0 Å². The van der Waals surface area contributed by atoms with Crippen LogP contribution in [0.25, 0.3) is 0 Å². The fraction of sp³-hybridized carbons (Fsp3) is 0.556. The third-order valence-electron chi connectivity index (χ3n) is 1.99. The van der Waals surface area contributed by atoms with Gasteiger partial charge >= 0.3 is 0 Å². The summed E-state index contributed by atoms with van der Waals surface area (Å²) in [6.07, 6.45) is 5.95. The first-order chi connectivity index (χ1) is 5.86. The van der Waals surface area contributed by atoms with Crippen LogP contribution in [-0.4, -0.2) is 16.6 Å². The Morgan fingerprint density at radius 2 is 2.17 bits per heavy atom. The molecule has 3 nitrogen and oxygen atoms in total. The average Bonchev–Trinajstić information content (AvgIpc) is 2.86. The molecule has 1 aliphatic carbocycles. The van der Waals surface area contributed by atoms with Gasteiger partial charge in [-0.1, -0.05) is 0 Å². The third-order valence-corrected chi connectivity index (χ3v) is 1.99. The smallest absolute Gasteiger partial charge is 0.235 e. The van der Waals surface area contributed by atoms with Crippen LogP contribution >= 0.6 is 0 Å². The van der Waals surface area contributed by atoms with Gasteiger partial charge < -0.3 is 4.74 Å². The molecule has 0 N–H and O–H groups in total. The fourth-order valence-electron chi connectivity index (χ4n) is 1.02. The lowest BCUT2D eigenvalue weighted by Crippen LogP contribution is -2.02. The number of hydrogen-bond acceptors (Lipinski definition) is 3. The summed E-state index contributed by atoms with van der Waals surface area (Å²) >= 11 is 0. The maximum atomic E-state index is 5.49. The van der Waals surface area contributed by atoms with Gasteiger partial charge in [-0.3, -0.25) is 4.98 Å². The number of aryl methyl sites for hydroxylation is 1. The summed E-state index contributed by atoms with van der Waals surface area (Å²) in [5.74, 6) is 1.45. The van der Waals surface area contributed by atoms with Crippen LogP contribution in [0.5, 0.6) is 5.88 Å². The normalized spacial score (nSPS) is 16.1. The molecule has 1 aliphatic rings. The minimum Gasteiger partial charge on any atom is -0.476 e. The van der Waals surface area contributed by atoms with Gasteiger partial charge in [0.15, 0.2) is 0 Å². The lowest BCUT2D eigenvalue weighted by molar-refractivity contribution is 0.285. The fourth-order valence-corrected chi connectivity index (χ4v) is 1.02. The van der Waals surface area contributed by atoms with E-state index in [0.29, 0.717) is 5.88 Å². The van der Waals surface area contributed by atoms with Crippen LogP contribution < -0.4 is 4.74 Å². The second-order valence-electron chi connectivity index (χ2n) is 3.20. The molecule has 0 aliphatic heterocycles. The number of rotatable bonds is 3. The Kier molecular flexibility index (Phi) is 1.94. The molecule has 0 bridgehead atoms. The van der Waals surface area contributed by atoms with E-state index in [9.17, 15) is 0 Å². The highest BCUT2D eigenvalue weighted by Gasteiger charge is 2.22. The van der Waals surface area contributed by atoms with Crippen LogP contribution in [0, 0.1) is 12.8 Å². The molecule has 2 rings (SSSR count). The molecule has 1 saturated carbocycles. The van der Waals surface area contributed by atoms with E-state index in [1.54, 1.807) is 12.4 Å². The maximum Gasteiger partial charge on any atom is 0.235 e. The van der Waals surface area contributed by atoms with Crippen molar-refractivity contribution in [1.82, 2.24) is 9.97 Å². The predicted molar refractivity (Wildman–Crippen MR) is 45.0 cm³/mol. The van der Waals surface area contributed by atoms with Gasteiger partial charge in [0.1, 0.15) is 0 Å². The zero-order valence-electron chi connectivity index (χ0n) is 7.16. The van der Waals surface area contributed by atoms with Crippen molar-refractivity contribution in [3.8, 4) is 5.88 Å². The highest BCUT2D eigenvalue weighted by atomic mass is 16.5. The molecule has 12 heavy (non-hydrogen) atoms. The van der Waals surface area contributed by atoms with E-state index < -0.39 is 0 Å². The lowest BCUT2D eigenvalue weighted by Gasteiger charge is -2.04. The second kappa shape index (κ2) is 3.09. The van der Waals surface area contributed by atoms with Crippen molar-refractivity contribution in [3.63, 3.8) is 0 Å². The molecule has 0 atom stereocenters. The van der Waals surface area contributed by atoms with Crippen molar-refractivity contribution in [2.45, 2.75) is 19.8 Å². The van der Waals surface area contributed by atoms with E-state index in [2.05, 4.69) is 9.97 Å². The van der Waals surface area contributed by atoms with Crippen LogP contribution in [0.2, 0.25) is 0 Å². The van der Waals surface area contributed by atoms with Crippen LogP contribution in [0.4, 0.5) is 0 Å². The summed E-state index contributed by atoms with van der Waals surface area (Å²) in [6, 6.07) is 0. The summed E-state index contributed by atoms with van der Waals surface area (Å²) in [6.45, 7) is 2.72. The zero-order chi connectivity index (χ0) is 8.39. The van der Waals surface area contributed by atoms with Gasteiger partial charge in [-0.05, 0) is 25.7 Å². The first kappa shape index (κ1) is 7.53. The van der Waals surface area contributed by atoms with E-state index >= 15 is 0 Å². The van der Waals surface area contributed by atoms with E-state index in [-0.39, 0.29) is 0 Å². The Labute approximate surface area is 71.8 Å². The third kappa shape index (κ3) is 1.72. The zero-order valence-corrected chi connectivity index (χ0v) is 7.16. The number of aromatic nitrogens is 2. The molecule has 0 saturated heterocycles.